The molecule has 2 fully saturated rings. The zero-order valence-corrected chi connectivity index (χ0v) is 17.4. The van der Waals surface area contributed by atoms with E-state index < -0.39 is 34.8 Å². The van der Waals surface area contributed by atoms with Crippen molar-refractivity contribution in [1.29, 1.82) is 0 Å². The van der Waals surface area contributed by atoms with E-state index in [0.717, 1.165) is 12.1 Å². The monoisotopic (exact) mass is 425 g/mol. The van der Waals surface area contributed by atoms with Gasteiger partial charge in [-0.25, -0.2) is 13.2 Å². The molecule has 30 heavy (non-hydrogen) atoms. The van der Waals surface area contributed by atoms with E-state index in [2.05, 4.69) is 0 Å². The third kappa shape index (κ3) is 4.29. The van der Waals surface area contributed by atoms with Crippen molar-refractivity contribution in [2.75, 3.05) is 32.7 Å². The molecule has 164 valence electrons. The fourth-order valence-electron chi connectivity index (χ4n) is 3.98. The number of carbonyl (C=O) groups excluding carboxylic acids is 3. The molecule has 3 rings (SSSR count). The highest BCUT2D eigenvalue weighted by Gasteiger charge is 2.41. The Morgan fingerprint density at radius 3 is 2.23 bits per heavy atom. The van der Waals surface area contributed by atoms with E-state index in [-0.39, 0.29) is 43.4 Å². The van der Waals surface area contributed by atoms with Crippen molar-refractivity contribution in [3.05, 3.63) is 35.1 Å². The van der Waals surface area contributed by atoms with Crippen LogP contribution < -0.4 is 0 Å². The van der Waals surface area contributed by atoms with Gasteiger partial charge >= 0.3 is 0 Å². The Hall–Kier alpha value is -2.58. The highest BCUT2D eigenvalue weighted by molar-refractivity contribution is 5.94. The van der Waals surface area contributed by atoms with Crippen LogP contribution in [0, 0.1) is 23.4 Å². The van der Waals surface area contributed by atoms with Crippen LogP contribution in [0.1, 0.15) is 44.0 Å². The molecular formula is C21H26F3N3O3. The summed E-state index contributed by atoms with van der Waals surface area (Å²) in [6.45, 7) is 7.17. The summed E-state index contributed by atoms with van der Waals surface area (Å²) in [6.07, 6.45) is 0.627. The number of nitrogens with zero attached hydrogens (tertiary/aromatic N) is 3. The van der Waals surface area contributed by atoms with Crippen LogP contribution in [0.4, 0.5) is 13.2 Å². The first-order valence-corrected chi connectivity index (χ1v) is 10.0. The molecule has 2 saturated heterocycles. The molecule has 2 heterocycles. The van der Waals surface area contributed by atoms with Crippen molar-refractivity contribution in [1.82, 2.24) is 14.7 Å². The molecule has 0 aliphatic carbocycles. The minimum absolute atomic E-state index is 0.0544. The van der Waals surface area contributed by atoms with E-state index >= 15 is 0 Å². The minimum atomic E-state index is -1.68. The average molecular weight is 425 g/mol. The Balaban J connectivity index is 1.65. The van der Waals surface area contributed by atoms with Crippen LogP contribution in [0.25, 0.3) is 0 Å². The maximum atomic E-state index is 14.0. The lowest BCUT2D eigenvalue weighted by Gasteiger charge is -2.32. The largest absolute Gasteiger partial charge is 0.341 e. The maximum absolute atomic E-state index is 14.0. The lowest BCUT2D eigenvalue weighted by atomic mass is 10.1. The molecule has 3 amide bonds. The van der Waals surface area contributed by atoms with Crippen molar-refractivity contribution in [2.45, 2.75) is 39.2 Å². The summed E-state index contributed by atoms with van der Waals surface area (Å²) in [7, 11) is 0. The normalized spacial score (nSPS) is 20.5. The molecule has 0 bridgehead atoms. The summed E-state index contributed by atoms with van der Waals surface area (Å²) in [6, 6.07) is 1.65. The topological polar surface area (TPSA) is 60.9 Å². The van der Waals surface area contributed by atoms with Crippen molar-refractivity contribution >= 4 is 17.7 Å². The number of amides is 3. The Bertz CT molecular complexity index is 869. The second-order valence-corrected chi connectivity index (χ2v) is 8.77. The first-order valence-electron chi connectivity index (χ1n) is 10.0. The van der Waals surface area contributed by atoms with Crippen LogP contribution in [-0.4, -0.2) is 70.7 Å². The van der Waals surface area contributed by atoms with E-state index in [0.29, 0.717) is 19.5 Å². The molecule has 1 unspecified atom stereocenters. The Morgan fingerprint density at radius 2 is 1.60 bits per heavy atom. The highest BCUT2D eigenvalue weighted by Crippen LogP contribution is 2.27. The van der Waals surface area contributed by atoms with Crippen molar-refractivity contribution in [3.63, 3.8) is 0 Å². The molecule has 0 aromatic heterocycles. The van der Waals surface area contributed by atoms with Crippen LogP contribution in [0.5, 0.6) is 0 Å². The van der Waals surface area contributed by atoms with E-state index in [1.807, 2.05) is 20.8 Å². The molecule has 0 saturated carbocycles. The molecule has 0 radical (unpaired) electrons. The highest BCUT2D eigenvalue weighted by atomic mass is 19.2. The second kappa shape index (κ2) is 8.28. The van der Waals surface area contributed by atoms with Gasteiger partial charge in [0.1, 0.15) is 0 Å². The molecule has 1 aromatic rings. The van der Waals surface area contributed by atoms with Gasteiger partial charge in [0, 0.05) is 44.7 Å². The smallest absolute Gasteiger partial charge is 0.257 e. The summed E-state index contributed by atoms with van der Waals surface area (Å²) in [5.74, 6) is -5.90. The minimum Gasteiger partial charge on any atom is -0.341 e. The van der Waals surface area contributed by atoms with Crippen LogP contribution in [0.2, 0.25) is 0 Å². The molecule has 6 nitrogen and oxygen atoms in total. The summed E-state index contributed by atoms with van der Waals surface area (Å²) in [5, 5.41) is 0. The lowest BCUT2D eigenvalue weighted by Crippen LogP contribution is -2.44. The van der Waals surface area contributed by atoms with Crippen molar-refractivity contribution < 1.29 is 27.6 Å². The number of rotatable bonds is 2. The number of halogens is 3. The molecule has 0 spiro atoms. The second-order valence-electron chi connectivity index (χ2n) is 8.77. The predicted octanol–water partition coefficient (Wildman–Crippen LogP) is 2.43. The predicted molar refractivity (Wildman–Crippen MR) is 103 cm³/mol. The van der Waals surface area contributed by atoms with E-state index in [1.165, 1.54) is 4.90 Å². The first-order chi connectivity index (χ1) is 14.0. The van der Waals surface area contributed by atoms with Gasteiger partial charge in [-0.05, 0) is 39.3 Å². The third-order valence-electron chi connectivity index (χ3n) is 5.64. The van der Waals surface area contributed by atoms with E-state index in [9.17, 15) is 27.6 Å². The number of likely N-dealkylation sites (tertiary alicyclic amines) is 1. The molecule has 1 aromatic carbocycles. The molecule has 9 heteroatoms. The Morgan fingerprint density at radius 1 is 0.967 bits per heavy atom. The van der Waals surface area contributed by atoms with Crippen molar-refractivity contribution in [3.8, 4) is 0 Å². The van der Waals surface area contributed by atoms with Crippen molar-refractivity contribution in [2.24, 2.45) is 5.92 Å². The molecule has 2 aliphatic heterocycles. The maximum Gasteiger partial charge on any atom is 0.257 e. The van der Waals surface area contributed by atoms with Gasteiger partial charge in [0.15, 0.2) is 17.5 Å². The number of hydrogen-bond donors (Lipinski definition) is 0. The van der Waals surface area contributed by atoms with E-state index in [1.54, 1.807) is 9.80 Å². The molecule has 1 atom stereocenters. The molecular weight excluding hydrogens is 399 g/mol. The molecule has 2 aliphatic rings. The summed E-state index contributed by atoms with van der Waals surface area (Å²) >= 11 is 0. The number of carbonyl (C=O) groups is 3. The fraction of sp³-hybridized carbons (Fsp3) is 0.571. The number of hydrogen-bond acceptors (Lipinski definition) is 3. The average Bonchev–Trinajstić information content (AvgIpc) is 2.92. The lowest BCUT2D eigenvalue weighted by molar-refractivity contribution is -0.135. The number of benzene rings is 1. The first kappa shape index (κ1) is 22.1. The van der Waals surface area contributed by atoms with Gasteiger partial charge in [-0.2, -0.15) is 0 Å². The molecule has 0 N–H and O–H groups in total. The van der Waals surface area contributed by atoms with Gasteiger partial charge in [0.2, 0.25) is 11.8 Å². The summed E-state index contributed by atoms with van der Waals surface area (Å²) in [4.78, 5) is 42.5. The summed E-state index contributed by atoms with van der Waals surface area (Å²) in [5.41, 5.74) is -0.890. The van der Waals surface area contributed by atoms with Gasteiger partial charge in [0.05, 0.1) is 11.5 Å². The third-order valence-corrected chi connectivity index (χ3v) is 5.64. The van der Waals surface area contributed by atoms with Gasteiger partial charge in [-0.15, -0.1) is 0 Å². The van der Waals surface area contributed by atoms with Gasteiger partial charge in [-0.1, -0.05) is 0 Å². The SMILES string of the molecule is CC(C)(C)N1CC(C(=O)N2CCCN(C(=O)c3ccc(F)c(F)c3F)CC2)CC1=O. The van der Waals surface area contributed by atoms with E-state index in [4.69, 9.17) is 0 Å². The van der Waals surface area contributed by atoms with Crippen LogP contribution >= 0.6 is 0 Å². The van der Waals surface area contributed by atoms with Gasteiger partial charge in [-0.3, -0.25) is 14.4 Å². The van der Waals surface area contributed by atoms with Crippen LogP contribution in [-0.2, 0) is 9.59 Å². The zero-order valence-electron chi connectivity index (χ0n) is 17.4. The zero-order chi connectivity index (χ0) is 22.2. The Labute approximate surface area is 173 Å². The fourth-order valence-corrected chi connectivity index (χ4v) is 3.98. The standard InChI is InChI=1S/C21H26F3N3O3/c1-21(2,3)27-12-13(11-16(27)28)19(29)25-7-4-8-26(10-9-25)20(30)14-5-6-15(22)18(24)17(14)23/h5-6,13H,4,7-12H2,1-3H3. The van der Waals surface area contributed by atoms with Crippen LogP contribution in [0.15, 0.2) is 12.1 Å². The summed E-state index contributed by atoms with van der Waals surface area (Å²) < 4.78 is 40.6. The van der Waals surface area contributed by atoms with Gasteiger partial charge < -0.3 is 14.7 Å². The van der Waals surface area contributed by atoms with Crippen LogP contribution in [0.3, 0.4) is 0 Å². The van der Waals surface area contributed by atoms with Gasteiger partial charge in [0.25, 0.3) is 5.91 Å². The quantitative estimate of drug-likeness (QED) is 0.684. The Kier molecular flexibility index (Phi) is 6.10.